The molecule has 6 nitrogen and oxygen atoms in total. The van der Waals surface area contributed by atoms with Crippen molar-refractivity contribution in [1.82, 2.24) is 4.98 Å². The molecule has 0 bridgehead atoms. The van der Waals surface area contributed by atoms with Gasteiger partial charge in [-0.1, -0.05) is 27.5 Å². The number of nitro groups is 1. The molecular formula is C13H12BrClN4O2. The Hall–Kier alpha value is -1.86. The number of hydrogen-bond donors (Lipinski definition) is 2. The molecule has 0 aliphatic carbocycles. The van der Waals surface area contributed by atoms with Gasteiger partial charge in [-0.05, 0) is 31.2 Å². The number of hydrogen-bond acceptors (Lipinski definition) is 5. The fourth-order valence-corrected chi connectivity index (χ4v) is 2.41. The van der Waals surface area contributed by atoms with E-state index in [0.29, 0.717) is 23.1 Å². The van der Waals surface area contributed by atoms with E-state index in [1.54, 1.807) is 24.3 Å². The van der Waals surface area contributed by atoms with E-state index in [-0.39, 0.29) is 11.5 Å². The zero-order valence-corrected chi connectivity index (χ0v) is 13.4. The minimum absolute atomic E-state index is 0.115. The maximum absolute atomic E-state index is 11.1. The highest BCUT2D eigenvalue weighted by Gasteiger charge is 2.17. The van der Waals surface area contributed by atoms with Crippen LogP contribution in [0.15, 0.2) is 34.8 Å². The predicted octanol–water partition coefficient (Wildman–Crippen LogP) is 4.58. The summed E-state index contributed by atoms with van der Waals surface area (Å²) in [5.74, 6) is 0.696. The second-order valence-corrected chi connectivity index (χ2v) is 5.42. The molecule has 0 radical (unpaired) electrons. The normalized spacial score (nSPS) is 10.2. The highest BCUT2D eigenvalue weighted by Crippen LogP contribution is 2.32. The van der Waals surface area contributed by atoms with E-state index in [1.807, 2.05) is 6.92 Å². The largest absolute Gasteiger partial charge is 0.370 e. The van der Waals surface area contributed by atoms with Gasteiger partial charge in [0.25, 0.3) is 0 Å². The number of aromatic nitrogens is 1. The van der Waals surface area contributed by atoms with E-state index in [2.05, 4.69) is 31.5 Å². The van der Waals surface area contributed by atoms with E-state index in [0.717, 1.165) is 4.47 Å². The van der Waals surface area contributed by atoms with Crippen LogP contribution in [-0.4, -0.2) is 16.5 Å². The van der Waals surface area contributed by atoms with Gasteiger partial charge in [-0.2, -0.15) is 0 Å². The Morgan fingerprint density at radius 3 is 2.76 bits per heavy atom. The molecule has 21 heavy (non-hydrogen) atoms. The third-order valence-corrected chi connectivity index (χ3v) is 3.42. The first kappa shape index (κ1) is 15.5. The van der Waals surface area contributed by atoms with E-state index in [9.17, 15) is 10.1 Å². The van der Waals surface area contributed by atoms with Crippen LogP contribution in [0.5, 0.6) is 0 Å². The summed E-state index contributed by atoms with van der Waals surface area (Å²) in [7, 11) is 0. The number of benzene rings is 1. The summed E-state index contributed by atoms with van der Waals surface area (Å²) in [6.07, 6.45) is 0. The van der Waals surface area contributed by atoms with Crippen molar-refractivity contribution in [3.05, 3.63) is 49.9 Å². The second-order valence-electron chi connectivity index (χ2n) is 4.10. The van der Waals surface area contributed by atoms with Crippen LogP contribution < -0.4 is 10.6 Å². The first-order chi connectivity index (χ1) is 10.0. The average molecular weight is 372 g/mol. The number of nitrogens with one attached hydrogen (secondary N) is 2. The Balaban J connectivity index is 2.40. The predicted molar refractivity (Wildman–Crippen MR) is 87.5 cm³/mol. The summed E-state index contributed by atoms with van der Waals surface area (Å²) >= 11 is 9.41. The van der Waals surface area contributed by atoms with E-state index in [4.69, 9.17) is 11.6 Å². The molecule has 2 N–H and O–H groups in total. The molecule has 8 heteroatoms. The SMILES string of the molecule is CCNc1ccc([N+](=O)[O-])c(Nc2ccc(Br)cc2Cl)n1. The Kier molecular flexibility index (Phi) is 4.98. The van der Waals surface area contributed by atoms with E-state index < -0.39 is 4.92 Å². The van der Waals surface area contributed by atoms with Gasteiger partial charge in [0.1, 0.15) is 5.82 Å². The van der Waals surface area contributed by atoms with Gasteiger partial charge in [0.2, 0.25) is 5.82 Å². The van der Waals surface area contributed by atoms with Crippen molar-refractivity contribution >= 4 is 50.5 Å². The van der Waals surface area contributed by atoms with Gasteiger partial charge in [-0.3, -0.25) is 10.1 Å². The summed E-state index contributed by atoms with van der Waals surface area (Å²) in [5, 5.41) is 17.4. The molecule has 1 aromatic carbocycles. The minimum atomic E-state index is -0.488. The fraction of sp³-hybridized carbons (Fsp3) is 0.154. The van der Waals surface area contributed by atoms with Crippen LogP contribution in [0, 0.1) is 10.1 Å². The monoisotopic (exact) mass is 370 g/mol. The van der Waals surface area contributed by atoms with Gasteiger partial charge < -0.3 is 10.6 Å². The van der Waals surface area contributed by atoms with Crippen LogP contribution in [-0.2, 0) is 0 Å². The highest BCUT2D eigenvalue weighted by molar-refractivity contribution is 9.10. The molecule has 0 atom stereocenters. The van der Waals surface area contributed by atoms with E-state index in [1.165, 1.54) is 6.07 Å². The minimum Gasteiger partial charge on any atom is -0.370 e. The summed E-state index contributed by atoms with van der Waals surface area (Å²) in [4.78, 5) is 14.8. The van der Waals surface area contributed by atoms with Crippen LogP contribution in [0.4, 0.5) is 23.0 Å². The zero-order chi connectivity index (χ0) is 15.4. The highest BCUT2D eigenvalue weighted by atomic mass is 79.9. The van der Waals surface area contributed by atoms with Gasteiger partial charge in [0.15, 0.2) is 0 Å². The Bertz CT molecular complexity index is 681. The summed E-state index contributed by atoms with van der Waals surface area (Å²) in [6.45, 7) is 2.59. The molecule has 0 aliphatic rings. The van der Waals surface area contributed by atoms with Crippen molar-refractivity contribution in [1.29, 1.82) is 0 Å². The van der Waals surface area contributed by atoms with Gasteiger partial charge in [0.05, 0.1) is 15.6 Å². The molecule has 1 aromatic heterocycles. The Morgan fingerprint density at radius 2 is 2.14 bits per heavy atom. The summed E-state index contributed by atoms with van der Waals surface area (Å²) in [6, 6.07) is 8.17. The van der Waals surface area contributed by atoms with Crippen LogP contribution in [0.2, 0.25) is 5.02 Å². The molecule has 0 saturated heterocycles. The van der Waals surface area contributed by atoms with Crippen LogP contribution >= 0.6 is 27.5 Å². The fourth-order valence-electron chi connectivity index (χ4n) is 1.69. The molecule has 0 aliphatic heterocycles. The molecule has 0 amide bonds. The number of anilines is 3. The second kappa shape index (κ2) is 6.73. The van der Waals surface area contributed by atoms with Crippen LogP contribution in [0.3, 0.4) is 0 Å². The van der Waals surface area contributed by atoms with Crippen molar-refractivity contribution in [3.8, 4) is 0 Å². The Morgan fingerprint density at radius 1 is 1.38 bits per heavy atom. The molecule has 0 unspecified atom stereocenters. The molecule has 2 aromatic rings. The molecular weight excluding hydrogens is 360 g/mol. The molecule has 0 spiro atoms. The van der Waals surface area contributed by atoms with Crippen molar-refractivity contribution in [2.24, 2.45) is 0 Å². The lowest BCUT2D eigenvalue weighted by molar-refractivity contribution is -0.384. The Labute approximate surface area is 134 Å². The van der Waals surface area contributed by atoms with Gasteiger partial charge in [-0.15, -0.1) is 0 Å². The summed E-state index contributed by atoms with van der Waals surface area (Å²) in [5.41, 5.74) is 0.430. The number of rotatable bonds is 5. The summed E-state index contributed by atoms with van der Waals surface area (Å²) < 4.78 is 0.821. The smallest absolute Gasteiger partial charge is 0.311 e. The maximum Gasteiger partial charge on any atom is 0.311 e. The molecule has 2 rings (SSSR count). The zero-order valence-electron chi connectivity index (χ0n) is 11.1. The third-order valence-electron chi connectivity index (χ3n) is 2.61. The quantitative estimate of drug-likeness (QED) is 0.594. The lowest BCUT2D eigenvalue weighted by Crippen LogP contribution is -2.04. The first-order valence-electron chi connectivity index (χ1n) is 6.12. The topological polar surface area (TPSA) is 80.1 Å². The van der Waals surface area contributed by atoms with Crippen molar-refractivity contribution in [2.75, 3.05) is 17.2 Å². The number of nitrogens with zero attached hydrogens (tertiary/aromatic N) is 2. The standard InChI is InChI=1S/C13H12BrClN4O2/c1-2-16-12-6-5-11(19(20)21)13(18-12)17-10-4-3-8(14)7-9(10)15/h3-7H,2H2,1H3,(H2,16,17,18). The first-order valence-corrected chi connectivity index (χ1v) is 7.29. The molecule has 1 heterocycles. The number of halogens is 2. The number of pyridine rings is 1. The van der Waals surface area contributed by atoms with Crippen LogP contribution in [0.25, 0.3) is 0 Å². The lowest BCUT2D eigenvalue weighted by Gasteiger charge is -2.10. The van der Waals surface area contributed by atoms with Crippen molar-refractivity contribution in [3.63, 3.8) is 0 Å². The van der Waals surface area contributed by atoms with Gasteiger partial charge in [0, 0.05) is 17.1 Å². The third kappa shape index (κ3) is 3.83. The molecule has 110 valence electrons. The molecule has 0 saturated carbocycles. The van der Waals surface area contributed by atoms with Crippen molar-refractivity contribution in [2.45, 2.75) is 6.92 Å². The van der Waals surface area contributed by atoms with Crippen LogP contribution in [0.1, 0.15) is 6.92 Å². The molecule has 0 fully saturated rings. The average Bonchev–Trinajstić information content (AvgIpc) is 2.42. The maximum atomic E-state index is 11.1. The van der Waals surface area contributed by atoms with Crippen molar-refractivity contribution < 1.29 is 4.92 Å². The van der Waals surface area contributed by atoms with E-state index >= 15 is 0 Å². The lowest BCUT2D eigenvalue weighted by atomic mass is 10.3. The van der Waals surface area contributed by atoms with Gasteiger partial charge >= 0.3 is 5.69 Å². The van der Waals surface area contributed by atoms with Gasteiger partial charge in [-0.25, -0.2) is 4.98 Å².